The molecule has 134 valence electrons. The van der Waals surface area contributed by atoms with Crippen molar-refractivity contribution in [3.05, 3.63) is 59.7 Å². The van der Waals surface area contributed by atoms with Gasteiger partial charge in [0.25, 0.3) is 5.91 Å². The lowest BCUT2D eigenvalue weighted by atomic mass is 9.87. The van der Waals surface area contributed by atoms with Crippen LogP contribution >= 0.6 is 0 Å². The molecule has 2 aromatic carbocycles. The second-order valence-corrected chi connectivity index (χ2v) is 6.82. The van der Waals surface area contributed by atoms with Gasteiger partial charge in [-0.05, 0) is 42.2 Å². The van der Waals surface area contributed by atoms with Gasteiger partial charge in [0.2, 0.25) is 0 Å². The summed E-state index contributed by atoms with van der Waals surface area (Å²) in [5.74, 6) is 0.376. The van der Waals surface area contributed by atoms with E-state index in [0.29, 0.717) is 31.1 Å². The van der Waals surface area contributed by atoms with E-state index in [9.17, 15) is 4.79 Å². The first-order valence-corrected chi connectivity index (χ1v) is 8.63. The summed E-state index contributed by atoms with van der Waals surface area (Å²) in [6.45, 7) is 9.99. The molecule has 0 aliphatic rings. The Kier molecular flexibility index (Phi) is 6.59. The summed E-state index contributed by atoms with van der Waals surface area (Å²) in [6, 6.07) is 15.2. The minimum atomic E-state index is -0.185. The van der Waals surface area contributed by atoms with Gasteiger partial charge in [-0.3, -0.25) is 4.79 Å². The number of amides is 1. The van der Waals surface area contributed by atoms with Crippen LogP contribution in [0.5, 0.6) is 5.75 Å². The molecule has 0 saturated carbocycles. The van der Waals surface area contributed by atoms with E-state index in [1.54, 1.807) is 12.1 Å². The van der Waals surface area contributed by atoms with Gasteiger partial charge in [0.05, 0.1) is 12.2 Å². The molecule has 2 aromatic rings. The molecule has 0 aromatic heterocycles. The van der Waals surface area contributed by atoms with E-state index in [1.165, 1.54) is 5.56 Å². The van der Waals surface area contributed by atoms with Gasteiger partial charge in [-0.2, -0.15) is 0 Å². The third-order valence-electron chi connectivity index (χ3n) is 3.83. The van der Waals surface area contributed by atoms with E-state index in [0.717, 1.165) is 5.69 Å². The van der Waals surface area contributed by atoms with Crippen LogP contribution in [0.25, 0.3) is 0 Å². The van der Waals surface area contributed by atoms with Gasteiger partial charge in [-0.1, -0.05) is 45.0 Å². The lowest BCUT2D eigenvalue weighted by molar-refractivity contribution is 0.0998. The highest BCUT2D eigenvalue weighted by Gasteiger charge is 2.15. The summed E-state index contributed by atoms with van der Waals surface area (Å²) in [7, 11) is 0. The smallest absolute Gasteiger partial charge is 0.259 e. The average Bonchev–Trinajstić information content (AvgIpc) is 2.59. The molecule has 4 nitrogen and oxygen atoms in total. The lowest BCUT2D eigenvalue weighted by Crippen LogP contribution is -2.15. The molecule has 2 rings (SSSR count). The number of carbonyl (C=O) groups excluding carboxylic acids is 1. The molecule has 0 unspecified atom stereocenters. The molecule has 0 atom stereocenters. The number of rotatable bonds is 7. The molecule has 0 radical (unpaired) electrons. The number of hydrogen-bond acceptors (Lipinski definition) is 3. The Hall–Kier alpha value is -2.33. The first kappa shape index (κ1) is 19.0. The monoisotopic (exact) mass is 341 g/mol. The Morgan fingerprint density at radius 2 is 1.68 bits per heavy atom. The molecule has 0 fully saturated rings. The Morgan fingerprint density at radius 1 is 1.00 bits per heavy atom. The molecule has 0 spiro atoms. The Labute approximate surface area is 150 Å². The van der Waals surface area contributed by atoms with Gasteiger partial charge in [0.1, 0.15) is 12.4 Å². The van der Waals surface area contributed by atoms with Crippen molar-refractivity contribution in [1.29, 1.82) is 0 Å². The number of nitrogens with one attached hydrogen (secondary N) is 1. The number of hydrogen-bond donors (Lipinski definition) is 1. The molecule has 0 saturated heterocycles. The van der Waals surface area contributed by atoms with Crippen molar-refractivity contribution >= 4 is 11.6 Å². The van der Waals surface area contributed by atoms with Crippen LogP contribution in [0.15, 0.2) is 48.5 Å². The summed E-state index contributed by atoms with van der Waals surface area (Å²) >= 11 is 0. The zero-order valence-corrected chi connectivity index (χ0v) is 15.5. The lowest BCUT2D eigenvalue weighted by Gasteiger charge is -2.19. The van der Waals surface area contributed by atoms with E-state index >= 15 is 0 Å². The summed E-state index contributed by atoms with van der Waals surface area (Å²) in [6.07, 6.45) is 0. The first-order valence-electron chi connectivity index (χ1n) is 8.63. The number of ether oxygens (including phenoxy) is 2. The molecule has 0 heterocycles. The van der Waals surface area contributed by atoms with E-state index in [1.807, 2.05) is 43.3 Å². The van der Waals surface area contributed by atoms with Crippen LogP contribution in [0.1, 0.15) is 43.6 Å². The van der Waals surface area contributed by atoms with E-state index in [2.05, 4.69) is 26.1 Å². The minimum absolute atomic E-state index is 0.0868. The summed E-state index contributed by atoms with van der Waals surface area (Å²) < 4.78 is 10.9. The normalized spacial score (nSPS) is 11.2. The van der Waals surface area contributed by atoms with Crippen LogP contribution in [-0.2, 0) is 10.2 Å². The standard InChI is InChI=1S/C21H27NO3/c1-5-24-14-15-25-19-9-7-6-8-18(19)20(23)22-17-12-10-16(11-13-17)21(2,3)4/h6-13H,5,14-15H2,1-4H3,(H,22,23). The molecule has 4 heteroatoms. The largest absolute Gasteiger partial charge is 0.490 e. The van der Waals surface area contributed by atoms with Crippen molar-refractivity contribution in [2.75, 3.05) is 25.1 Å². The average molecular weight is 341 g/mol. The Bertz CT molecular complexity index is 687. The fraction of sp³-hybridized carbons (Fsp3) is 0.381. The maximum absolute atomic E-state index is 12.6. The first-order chi connectivity index (χ1) is 11.9. The fourth-order valence-electron chi connectivity index (χ4n) is 2.39. The quantitative estimate of drug-likeness (QED) is 0.746. The number of para-hydroxylation sites is 1. The topological polar surface area (TPSA) is 47.6 Å². The molecule has 1 N–H and O–H groups in total. The van der Waals surface area contributed by atoms with Crippen LogP contribution in [0.4, 0.5) is 5.69 Å². The van der Waals surface area contributed by atoms with Gasteiger partial charge in [0.15, 0.2) is 0 Å². The van der Waals surface area contributed by atoms with Gasteiger partial charge in [-0.25, -0.2) is 0 Å². The molecule has 25 heavy (non-hydrogen) atoms. The summed E-state index contributed by atoms with van der Waals surface area (Å²) in [5.41, 5.74) is 2.59. The second kappa shape index (κ2) is 8.67. The highest BCUT2D eigenvalue weighted by atomic mass is 16.5. The molecule has 1 amide bonds. The molecule has 0 bridgehead atoms. The highest BCUT2D eigenvalue weighted by Crippen LogP contribution is 2.24. The van der Waals surface area contributed by atoms with Gasteiger partial charge in [0, 0.05) is 12.3 Å². The third kappa shape index (κ3) is 5.61. The van der Waals surface area contributed by atoms with Crippen LogP contribution in [0.2, 0.25) is 0 Å². The van der Waals surface area contributed by atoms with Crippen molar-refractivity contribution in [3.8, 4) is 5.75 Å². The molecular weight excluding hydrogens is 314 g/mol. The van der Waals surface area contributed by atoms with Crippen molar-refractivity contribution in [3.63, 3.8) is 0 Å². The van der Waals surface area contributed by atoms with Crippen molar-refractivity contribution in [2.24, 2.45) is 0 Å². The number of anilines is 1. The second-order valence-electron chi connectivity index (χ2n) is 6.82. The Morgan fingerprint density at radius 3 is 2.32 bits per heavy atom. The van der Waals surface area contributed by atoms with Gasteiger partial charge < -0.3 is 14.8 Å². The van der Waals surface area contributed by atoms with Crippen LogP contribution in [-0.4, -0.2) is 25.7 Å². The SMILES string of the molecule is CCOCCOc1ccccc1C(=O)Nc1ccc(C(C)(C)C)cc1. The highest BCUT2D eigenvalue weighted by molar-refractivity contribution is 6.06. The van der Waals surface area contributed by atoms with Crippen molar-refractivity contribution in [1.82, 2.24) is 0 Å². The third-order valence-corrected chi connectivity index (χ3v) is 3.83. The minimum Gasteiger partial charge on any atom is -0.490 e. The van der Waals surface area contributed by atoms with Crippen LogP contribution < -0.4 is 10.1 Å². The van der Waals surface area contributed by atoms with Crippen LogP contribution in [0.3, 0.4) is 0 Å². The Balaban J connectivity index is 2.05. The maximum atomic E-state index is 12.6. The van der Waals surface area contributed by atoms with Crippen molar-refractivity contribution in [2.45, 2.75) is 33.1 Å². The predicted octanol–water partition coefficient (Wildman–Crippen LogP) is 4.65. The molecular formula is C21H27NO3. The maximum Gasteiger partial charge on any atom is 0.259 e. The molecule has 0 aliphatic carbocycles. The summed E-state index contributed by atoms with van der Waals surface area (Å²) in [5, 5.41) is 2.93. The molecule has 0 aliphatic heterocycles. The predicted molar refractivity (Wildman–Crippen MR) is 102 cm³/mol. The zero-order valence-electron chi connectivity index (χ0n) is 15.5. The van der Waals surface area contributed by atoms with Crippen LogP contribution in [0, 0.1) is 0 Å². The van der Waals surface area contributed by atoms with E-state index < -0.39 is 0 Å². The van der Waals surface area contributed by atoms with E-state index in [-0.39, 0.29) is 11.3 Å². The van der Waals surface area contributed by atoms with Crippen molar-refractivity contribution < 1.29 is 14.3 Å². The van der Waals surface area contributed by atoms with E-state index in [4.69, 9.17) is 9.47 Å². The zero-order chi connectivity index (χ0) is 18.3. The number of carbonyl (C=O) groups is 1. The summed E-state index contributed by atoms with van der Waals surface area (Å²) in [4.78, 5) is 12.6. The fourth-order valence-corrected chi connectivity index (χ4v) is 2.39. The number of benzene rings is 2. The van der Waals surface area contributed by atoms with Gasteiger partial charge >= 0.3 is 0 Å². The van der Waals surface area contributed by atoms with Gasteiger partial charge in [-0.15, -0.1) is 0 Å².